The number of aromatic nitrogens is 1. The second kappa shape index (κ2) is 4.21. The highest BCUT2D eigenvalue weighted by molar-refractivity contribution is 6.32. The number of nitrogen functional groups attached to an aromatic ring is 1. The van der Waals surface area contributed by atoms with Crippen LogP contribution >= 0.6 is 11.6 Å². The van der Waals surface area contributed by atoms with Crippen LogP contribution in [0.25, 0.3) is 11.1 Å². The molecule has 1 saturated carbocycles. The number of nitrogens with zero attached hydrogens (tertiary/aromatic N) is 1. The first kappa shape index (κ1) is 11.4. The molecule has 4 nitrogen and oxygen atoms in total. The summed E-state index contributed by atoms with van der Waals surface area (Å²) in [6, 6.07) is 3.82. The number of methoxy groups -OCH3 is 1. The van der Waals surface area contributed by atoms with Crippen LogP contribution in [0.1, 0.15) is 24.3 Å². The van der Waals surface area contributed by atoms with Gasteiger partial charge in [0, 0.05) is 10.6 Å². The van der Waals surface area contributed by atoms with Gasteiger partial charge in [0.15, 0.2) is 0 Å². The Morgan fingerprint density at radius 3 is 2.78 bits per heavy atom. The first-order valence-electron chi connectivity index (χ1n) is 5.78. The number of rotatable bonds is 3. The van der Waals surface area contributed by atoms with Crippen LogP contribution in [0.5, 0.6) is 5.75 Å². The lowest BCUT2D eigenvalue weighted by atomic mass is 10.0. The third-order valence-corrected chi connectivity index (χ3v) is 3.52. The Balaban J connectivity index is 2.13. The average Bonchev–Trinajstić information content (AvgIpc) is 3.09. The van der Waals surface area contributed by atoms with Crippen molar-refractivity contribution in [3.8, 4) is 16.9 Å². The van der Waals surface area contributed by atoms with Crippen molar-refractivity contribution in [1.29, 1.82) is 0 Å². The summed E-state index contributed by atoms with van der Waals surface area (Å²) in [5.41, 5.74) is 8.40. The molecule has 0 atom stereocenters. The molecule has 0 saturated heterocycles. The molecule has 94 valence electrons. The summed E-state index contributed by atoms with van der Waals surface area (Å²) < 4.78 is 10.3. The van der Waals surface area contributed by atoms with Gasteiger partial charge in [0.2, 0.25) is 5.88 Å². The quantitative estimate of drug-likeness (QED) is 0.922. The summed E-state index contributed by atoms with van der Waals surface area (Å²) >= 11 is 6.35. The summed E-state index contributed by atoms with van der Waals surface area (Å²) in [6.45, 7) is 0. The van der Waals surface area contributed by atoms with Gasteiger partial charge in [-0.05, 0) is 36.5 Å². The van der Waals surface area contributed by atoms with Crippen molar-refractivity contribution in [3.63, 3.8) is 0 Å². The molecule has 2 N–H and O–H groups in total. The van der Waals surface area contributed by atoms with Crippen LogP contribution in [0.15, 0.2) is 22.9 Å². The maximum atomic E-state index is 6.35. The van der Waals surface area contributed by atoms with Gasteiger partial charge in [0.1, 0.15) is 5.75 Å². The van der Waals surface area contributed by atoms with Gasteiger partial charge < -0.3 is 15.0 Å². The molecular formula is C13H13ClN2O2. The molecule has 2 aromatic rings. The molecule has 1 heterocycles. The van der Waals surface area contributed by atoms with Crippen LogP contribution in [0, 0.1) is 0 Å². The molecule has 3 rings (SSSR count). The lowest BCUT2D eigenvalue weighted by molar-refractivity contribution is 0.410. The van der Waals surface area contributed by atoms with E-state index >= 15 is 0 Å². The Bertz CT molecular complexity index is 591. The lowest BCUT2D eigenvalue weighted by Gasteiger charge is -2.11. The van der Waals surface area contributed by atoms with E-state index in [1.54, 1.807) is 13.3 Å². The standard InChI is InChI=1S/C13H13ClN2O2/c1-17-11-5-8(9-6-16-18-13(9)15)4-10(14)12(11)7-2-3-7/h4-7H,2-3,15H2,1H3. The molecular weight excluding hydrogens is 252 g/mol. The minimum Gasteiger partial charge on any atom is -0.496 e. The molecule has 5 heteroatoms. The van der Waals surface area contributed by atoms with Crippen molar-refractivity contribution < 1.29 is 9.26 Å². The minimum absolute atomic E-state index is 0.285. The molecule has 0 aliphatic heterocycles. The number of nitrogens with two attached hydrogens (primary N) is 1. The summed E-state index contributed by atoms with van der Waals surface area (Å²) in [5, 5.41) is 4.38. The zero-order valence-corrected chi connectivity index (χ0v) is 10.7. The largest absolute Gasteiger partial charge is 0.496 e. The van der Waals surface area contributed by atoms with E-state index in [9.17, 15) is 0 Å². The fourth-order valence-corrected chi connectivity index (χ4v) is 2.52. The number of anilines is 1. The van der Waals surface area contributed by atoms with E-state index < -0.39 is 0 Å². The maximum absolute atomic E-state index is 6.35. The fourth-order valence-electron chi connectivity index (χ4n) is 2.15. The molecule has 0 bridgehead atoms. The molecule has 1 aliphatic carbocycles. The van der Waals surface area contributed by atoms with Crippen LogP contribution in [0.4, 0.5) is 5.88 Å². The predicted molar refractivity (Wildman–Crippen MR) is 69.9 cm³/mol. The molecule has 1 aliphatic rings. The Hall–Kier alpha value is -1.68. The van der Waals surface area contributed by atoms with E-state index in [0.717, 1.165) is 22.4 Å². The Labute approximate surface area is 110 Å². The van der Waals surface area contributed by atoms with Crippen molar-refractivity contribution in [2.24, 2.45) is 0 Å². The first-order chi connectivity index (χ1) is 8.70. The SMILES string of the molecule is COc1cc(-c2cnoc2N)cc(Cl)c1C1CC1. The summed E-state index contributed by atoms with van der Waals surface area (Å²) in [5.74, 6) is 1.62. The van der Waals surface area contributed by atoms with Crippen molar-refractivity contribution in [2.45, 2.75) is 18.8 Å². The van der Waals surface area contributed by atoms with Crippen LogP contribution in [0.3, 0.4) is 0 Å². The number of benzene rings is 1. The van der Waals surface area contributed by atoms with Gasteiger partial charge in [-0.25, -0.2) is 0 Å². The highest BCUT2D eigenvalue weighted by Crippen LogP contribution is 2.49. The van der Waals surface area contributed by atoms with Crippen LogP contribution in [0.2, 0.25) is 5.02 Å². The number of hydrogen-bond acceptors (Lipinski definition) is 4. The summed E-state index contributed by atoms with van der Waals surface area (Å²) in [6.07, 6.45) is 3.92. The van der Waals surface area contributed by atoms with E-state index in [-0.39, 0.29) is 5.88 Å². The van der Waals surface area contributed by atoms with E-state index in [1.165, 1.54) is 12.8 Å². The number of halogens is 1. The van der Waals surface area contributed by atoms with E-state index in [2.05, 4.69) is 5.16 Å². The van der Waals surface area contributed by atoms with Crippen LogP contribution < -0.4 is 10.5 Å². The second-order valence-electron chi connectivity index (χ2n) is 4.45. The van der Waals surface area contributed by atoms with E-state index in [0.29, 0.717) is 10.9 Å². The highest BCUT2D eigenvalue weighted by atomic mass is 35.5. The Morgan fingerprint density at radius 1 is 1.44 bits per heavy atom. The third-order valence-electron chi connectivity index (χ3n) is 3.21. The zero-order valence-electron chi connectivity index (χ0n) is 9.94. The van der Waals surface area contributed by atoms with Gasteiger partial charge in [-0.2, -0.15) is 0 Å². The smallest absolute Gasteiger partial charge is 0.229 e. The van der Waals surface area contributed by atoms with Crippen molar-refractivity contribution in [2.75, 3.05) is 12.8 Å². The molecule has 18 heavy (non-hydrogen) atoms. The van der Waals surface area contributed by atoms with E-state index in [4.69, 9.17) is 26.6 Å². The summed E-state index contributed by atoms with van der Waals surface area (Å²) in [4.78, 5) is 0. The van der Waals surface area contributed by atoms with Crippen LogP contribution in [-0.2, 0) is 0 Å². The van der Waals surface area contributed by atoms with Crippen molar-refractivity contribution in [1.82, 2.24) is 5.16 Å². The van der Waals surface area contributed by atoms with Gasteiger partial charge in [0.05, 0.1) is 18.9 Å². The fraction of sp³-hybridized carbons (Fsp3) is 0.308. The Kier molecular flexibility index (Phi) is 2.67. The van der Waals surface area contributed by atoms with Gasteiger partial charge in [-0.15, -0.1) is 0 Å². The van der Waals surface area contributed by atoms with Crippen LogP contribution in [-0.4, -0.2) is 12.3 Å². The molecule has 1 aromatic heterocycles. The Morgan fingerprint density at radius 2 is 2.22 bits per heavy atom. The van der Waals surface area contributed by atoms with Gasteiger partial charge in [-0.1, -0.05) is 16.8 Å². The highest BCUT2D eigenvalue weighted by Gasteiger charge is 2.29. The minimum atomic E-state index is 0.285. The van der Waals surface area contributed by atoms with E-state index in [1.807, 2.05) is 12.1 Å². The topological polar surface area (TPSA) is 61.3 Å². The van der Waals surface area contributed by atoms with Crippen molar-refractivity contribution >= 4 is 17.5 Å². The lowest BCUT2D eigenvalue weighted by Crippen LogP contribution is -1.93. The summed E-state index contributed by atoms with van der Waals surface area (Å²) in [7, 11) is 1.65. The maximum Gasteiger partial charge on any atom is 0.229 e. The molecule has 0 unspecified atom stereocenters. The molecule has 1 aromatic carbocycles. The monoisotopic (exact) mass is 264 g/mol. The second-order valence-corrected chi connectivity index (χ2v) is 4.86. The van der Waals surface area contributed by atoms with Gasteiger partial charge in [0.25, 0.3) is 0 Å². The average molecular weight is 265 g/mol. The normalized spacial score (nSPS) is 14.8. The number of hydrogen-bond donors (Lipinski definition) is 1. The van der Waals surface area contributed by atoms with Gasteiger partial charge in [-0.3, -0.25) is 0 Å². The molecule has 0 radical (unpaired) electrons. The molecule has 0 amide bonds. The molecule has 0 spiro atoms. The first-order valence-corrected chi connectivity index (χ1v) is 6.16. The van der Waals surface area contributed by atoms with Crippen molar-refractivity contribution in [3.05, 3.63) is 28.9 Å². The molecule has 1 fully saturated rings. The van der Waals surface area contributed by atoms with Gasteiger partial charge >= 0.3 is 0 Å². The zero-order chi connectivity index (χ0) is 12.7. The predicted octanol–water partition coefficient (Wildman–Crippen LogP) is 3.46. The number of ether oxygens (including phenoxy) is 1. The third kappa shape index (κ3) is 1.82.